The summed E-state index contributed by atoms with van der Waals surface area (Å²) < 4.78 is 0. The molecule has 124 valence electrons. The zero-order chi connectivity index (χ0) is 17.0. The fraction of sp³-hybridized carbons (Fsp3) is 0.182. The lowest BCUT2D eigenvalue weighted by molar-refractivity contribution is 0.427. The van der Waals surface area contributed by atoms with E-state index < -0.39 is 0 Å². The summed E-state index contributed by atoms with van der Waals surface area (Å²) >= 11 is 12.8. The van der Waals surface area contributed by atoms with Gasteiger partial charge in [-0.15, -0.1) is 0 Å². The van der Waals surface area contributed by atoms with Gasteiger partial charge in [-0.2, -0.15) is 0 Å². The molecule has 2 aliphatic rings. The lowest BCUT2D eigenvalue weighted by Crippen LogP contribution is -2.29. The molecular weight excluding hydrogens is 349 g/mol. The second-order valence-corrected chi connectivity index (χ2v) is 7.65. The molecule has 0 fully saturated rings. The average Bonchev–Trinajstić information content (AvgIpc) is 3.13. The Hall–Kier alpha value is -1.96. The van der Waals surface area contributed by atoms with E-state index >= 15 is 0 Å². The third kappa shape index (κ3) is 2.30. The van der Waals surface area contributed by atoms with Crippen molar-refractivity contribution in [1.82, 2.24) is 0 Å². The van der Waals surface area contributed by atoms with E-state index in [1.807, 2.05) is 12.1 Å². The molecule has 0 unspecified atom stereocenters. The summed E-state index contributed by atoms with van der Waals surface area (Å²) in [6, 6.07) is 19.1. The van der Waals surface area contributed by atoms with Crippen LogP contribution in [0.25, 0.3) is 10.8 Å². The number of allylic oxidation sites excluding steroid dienone is 2. The molecule has 3 atom stereocenters. The Bertz CT molecular complexity index is 1010. The van der Waals surface area contributed by atoms with E-state index in [9.17, 15) is 0 Å². The second kappa shape index (κ2) is 5.79. The summed E-state index contributed by atoms with van der Waals surface area (Å²) in [5.74, 6) is 0.858. The number of anilines is 1. The maximum absolute atomic E-state index is 6.55. The smallest absolute Gasteiger partial charge is 0.0645 e. The van der Waals surface area contributed by atoms with Crippen molar-refractivity contribution in [2.24, 2.45) is 5.92 Å². The van der Waals surface area contributed by atoms with Gasteiger partial charge >= 0.3 is 0 Å². The van der Waals surface area contributed by atoms with E-state index in [0.29, 0.717) is 21.9 Å². The van der Waals surface area contributed by atoms with Gasteiger partial charge in [0, 0.05) is 11.6 Å². The Morgan fingerprint density at radius 2 is 1.80 bits per heavy atom. The normalized spacial score (nSPS) is 24.0. The van der Waals surface area contributed by atoms with Gasteiger partial charge in [0.1, 0.15) is 0 Å². The summed E-state index contributed by atoms with van der Waals surface area (Å²) in [5.41, 5.74) is 3.70. The molecule has 1 aliphatic carbocycles. The molecule has 1 heterocycles. The van der Waals surface area contributed by atoms with E-state index in [2.05, 4.69) is 59.9 Å². The monoisotopic (exact) mass is 365 g/mol. The Balaban J connectivity index is 1.70. The molecule has 0 saturated carbocycles. The highest BCUT2D eigenvalue weighted by Crippen LogP contribution is 2.52. The van der Waals surface area contributed by atoms with Gasteiger partial charge in [0.05, 0.1) is 16.1 Å². The minimum absolute atomic E-state index is 0.167. The number of fused-ring (bicyclic) bond motifs is 5. The molecule has 3 aromatic carbocycles. The molecule has 1 N–H and O–H groups in total. The minimum atomic E-state index is 0.167. The molecule has 1 aliphatic heterocycles. The highest BCUT2D eigenvalue weighted by atomic mass is 35.5. The lowest BCUT2D eigenvalue weighted by atomic mass is 9.75. The third-order valence-corrected chi connectivity index (χ3v) is 6.41. The minimum Gasteiger partial charge on any atom is -0.378 e. The number of hydrogen-bond acceptors (Lipinski definition) is 1. The van der Waals surface area contributed by atoms with Crippen molar-refractivity contribution >= 4 is 39.7 Å². The fourth-order valence-electron chi connectivity index (χ4n) is 4.45. The van der Waals surface area contributed by atoms with E-state index in [0.717, 1.165) is 12.0 Å². The molecule has 3 heteroatoms. The number of halogens is 2. The van der Waals surface area contributed by atoms with Crippen LogP contribution >= 0.6 is 23.2 Å². The first-order chi connectivity index (χ1) is 12.2. The first-order valence-corrected chi connectivity index (χ1v) is 9.38. The molecular formula is C22H17Cl2N. The van der Waals surface area contributed by atoms with Crippen molar-refractivity contribution in [2.45, 2.75) is 18.4 Å². The Morgan fingerprint density at radius 3 is 2.72 bits per heavy atom. The van der Waals surface area contributed by atoms with Gasteiger partial charge in [0.2, 0.25) is 0 Å². The molecule has 1 nitrogen and oxygen atoms in total. The first kappa shape index (κ1) is 15.3. The molecule has 0 spiro atoms. The maximum atomic E-state index is 6.55. The highest BCUT2D eigenvalue weighted by Gasteiger charge is 2.39. The zero-order valence-electron chi connectivity index (χ0n) is 13.5. The highest BCUT2D eigenvalue weighted by molar-refractivity contribution is 6.42. The average molecular weight is 366 g/mol. The van der Waals surface area contributed by atoms with Crippen LogP contribution in [0, 0.1) is 5.92 Å². The molecule has 0 amide bonds. The van der Waals surface area contributed by atoms with Gasteiger partial charge in [-0.25, -0.2) is 0 Å². The largest absolute Gasteiger partial charge is 0.378 e. The van der Waals surface area contributed by atoms with Crippen molar-refractivity contribution in [3.63, 3.8) is 0 Å². The zero-order valence-corrected chi connectivity index (χ0v) is 15.1. The molecule has 5 rings (SSSR count). The van der Waals surface area contributed by atoms with Gasteiger partial charge in [0.15, 0.2) is 0 Å². The van der Waals surface area contributed by atoms with Gasteiger partial charge < -0.3 is 5.32 Å². The van der Waals surface area contributed by atoms with E-state index in [1.165, 1.54) is 22.0 Å². The van der Waals surface area contributed by atoms with Crippen LogP contribution in [0.3, 0.4) is 0 Å². The fourth-order valence-corrected chi connectivity index (χ4v) is 4.87. The number of rotatable bonds is 1. The summed E-state index contributed by atoms with van der Waals surface area (Å²) in [6.07, 6.45) is 5.72. The molecule has 0 radical (unpaired) electrons. The van der Waals surface area contributed by atoms with E-state index in [4.69, 9.17) is 23.2 Å². The van der Waals surface area contributed by atoms with Crippen LogP contribution in [0.4, 0.5) is 5.69 Å². The molecule has 25 heavy (non-hydrogen) atoms. The van der Waals surface area contributed by atoms with Crippen LogP contribution < -0.4 is 5.32 Å². The predicted molar refractivity (Wildman–Crippen MR) is 107 cm³/mol. The molecule has 3 aromatic rings. The van der Waals surface area contributed by atoms with Crippen LogP contribution in [0.1, 0.15) is 29.5 Å². The van der Waals surface area contributed by atoms with Crippen LogP contribution in [-0.4, -0.2) is 0 Å². The predicted octanol–water partition coefficient (Wildman–Crippen LogP) is 6.97. The van der Waals surface area contributed by atoms with Crippen LogP contribution in [0.2, 0.25) is 10.0 Å². The van der Waals surface area contributed by atoms with Gasteiger partial charge in [-0.1, -0.05) is 77.8 Å². The van der Waals surface area contributed by atoms with Crippen molar-refractivity contribution in [2.75, 3.05) is 5.32 Å². The second-order valence-electron chi connectivity index (χ2n) is 6.87. The van der Waals surface area contributed by atoms with E-state index in [-0.39, 0.29) is 6.04 Å². The van der Waals surface area contributed by atoms with Crippen LogP contribution in [0.5, 0.6) is 0 Å². The topological polar surface area (TPSA) is 12.0 Å². The Kier molecular flexibility index (Phi) is 3.55. The molecule has 0 saturated heterocycles. The summed E-state index contributed by atoms with van der Waals surface area (Å²) in [6.45, 7) is 0. The van der Waals surface area contributed by atoms with Crippen molar-refractivity contribution in [1.29, 1.82) is 0 Å². The first-order valence-electron chi connectivity index (χ1n) is 8.63. The number of nitrogens with one attached hydrogen (secondary N) is 1. The van der Waals surface area contributed by atoms with Crippen molar-refractivity contribution in [3.05, 3.63) is 87.9 Å². The molecule has 0 bridgehead atoms. The quantitative estimate of drug-likeness (QED) is 0.459. The lowest BCUT2D eigenvalue weighted by Gasteiger charge is -2.38. The van der Waals surface area contributed by atoms with Gasteiger partial charge in [-0.05, 0) is 46.4 Å². The van der Waals surface area contributed by atoms with Crippen molar-refractivity contribution < 1.29 is 0 Å². The maximum Gasteiger partial charge on any atom is 0.0645 e. The third-order valence-electron chi connectivity index (χ3n) is 5.57. The molecule has 0 aromatic heterocycles. The Labute approximate surface area is 157 Å². The van der Waals surface area contributed by atoms with Gasteiger partial charge in [0.25, 0.3) is 0 Å². The standard InChI is InChI=1S/C22H17Cl2N/c23-18-10-4-9-17(21(18)24)22-16-8-3-7-15(16)20-14-6-2-1-5-13(14)11-12-19(20)25-22/h1-7,9-12,15-16,22,25H,8H2/t15-,16-,22-/m1/s1. The summed E-state index contributed by atoms with van der Waals surface area (Å²) in [7, 11) is 0. The van der Waals surface area contributed by atoms with Crippen LogP contribution in [0.15, 0.2) is 66.7 Å². The van der Waals surface area contributed by atoms with Gasteiger partial charge in [-0.3, -0.25) is 0 Å². The summed E-state index contributed by atoms with van der Waals surface area (Å²) in [5, 5.41) is 7.67. The van der Waals surface area contributed by atoms with Crippen LogP contribution in [-0.2, 0) is 0 Å². The Morgan fingerprint density at radius 1 is 0.920 bits per heavy atom. The number of benzene rings is 3. The van der Waals surface area contributed by atoms with Crippen molar-refractivity contribution in [3.8, 4) is 0 Å². The number of hydrogen-bond donors (Lipinski definition) is 1. The SMILES string of the molecule is Clc1cccc([C@@H]2Nc3ccc4ccccc4c3[C@@H]3C=CC[C@H]32)c1Cl. The summed E-state index contributed by atoms with van der Waals surface area (Å²) in [4.78, 5) is 0. The van der Waals surface area contributed by atoms with E-state index in [1.54, 1.807) is 0 Å².